The Balaban J connectivity index is 2.59. The van der Waals surface area contributed by atoms with Gasteiger partial charge in [0, 0.05) is 6.54 Å². The number of nitrogens with one attached hydrogen (secondary N) is 1. The van der Waals surface area contributed by atoms with Crippen LogP contribution in [0.25, 0.3) is 0 Å². The van der Waals surface area contributed by atoms with E-state index in [-0.39, 0.29) is 11.0 Å². The van der Waals surface area contributed by atoms with Crippen LogP contribution in [-0.4, -0.2) is 46.6 Å². The zero-order chi connectivity index (χ0) is 15.2. The first kappa shape index (κ1) is 16.9. The lowest BCUT2D eigenvalue weighted by Gasteiger charge is -2.12. The van der Waals surface area contributed by atoms with E-state index in [4.69, 9.17) is 4.74 Å². The molecular weight excluding hydrogens is 276 g/mol. The molecule has 0 saturated carbocycles. The second-order valence-corrected chi connectivity index (χ2v) is 6.96. The Morgan fingerprint density at radius 2 is 1.80 bits per heavy atom. The van der Waals surface area contributed by atoms with E-state index in [0.717, 1.165) is 13.0 Å². The molecule has 0 amide bonds. The Labute approximate surface area is 122 Å². The van der Waals surface area contributed by atoms with Crippen LogP contribution in [-0.2, 0) is 10.0 Å². The number of hydrogen-bond acceptors (Lipinski definition) is 4. The summed E-state index contributed by atoms with van der Waals surface area (Å²) in [6.07, 6.45) is 0.849. The van der Waals surface area contributed by atoms with E-state index in [1.807, 2.05) is 32.8 Å². The molecule has 0 aliphatic rings. The molecule has 0 radical (unpaired) electrons. The van der Waals surface area contributed by atoms with Gasteiger partial charge in [0.2, 0.25) is 10.0 Å². The van der Waals surface area contributed by atoms with E-state index < -0.39 is 10.0 Å². The van der Waals surface area contributed by atoms with Gasteiger partial charge in [-0.25, -0.2) is 13.1 Å². The maximum Gasteiger partial charge on any atom is 0.240 e. The molecule has 0 heterocycles. The van der Waals surface area contributed by atoms with Crippen LogP contribution < -0.4 is 9.46 Å². The van der Waals surface area contributed by atoms with Crippen LogP contribution in [0.3, 0.4) is 0 Å². The fourth-order valence-corrected chi connectivity index (χ4v) is 2.73. The number of rotatable bonds is 8. The smallest absolute Gasteiger partial charge is 0.240 e. The molecular formula is C14H24N2O3S. The summed E-state index contributed by atoms with van der Waals surface area (Å²) in [4.78, 5) is 2.28. The van der Waals surface area contributed by atoms with Crippen LogP contribution in [0.4, 0.5) is 0 Å². The fourth-order valence-electron chi connectivity index (χ4n) is 1.65. The van der Waals surface area contributed by atoms with Gasteiger partial charge < -0.3 is 9.64 Å². The van der Waals surface area contributed by atoms with Gasteiger partial charge in [-0.1, -0.05) is 0 Å². The standard InChI is InChI=1S/C14H24N2O3S/c1-12(2)19-13-6-8-14(9-7-13)20(17,18)15-10-5-11-16(3)4/h6-9,12,15H,5,10-11H2,1-4H3. The van der Waals surface area contributed by atoms with Gasteiger partial charge in [0.1, 0.15) is 5.75 Å². The molecule has 6 heteroatoms. The van der Waals surface area contributed by atoms with Gasteiger partial charge >= 0.3 is 0 Å². The molecule has 0 aromatic heterocycles. The summed E-state index contributed by atoms with van der Waals surface area (Å²) in [7, 11) is 0.493. The minimum atomic E-state index is -3.43. The van der Waals surface area contributed by atoms with Crippen LogP contribution in [0.15, 0.2) is 29.2 Å². The number of ether oxygens (including phenoxy) is 1. The molecule has 5 nitrogen and oxygen atoms in total. The normalized spacial score (nSPS) is 12.1. The zero-order valence-corrected chi connectivity index (χ0v) is 13.4. The minimum Gasteiger partial charge on any atom is -0.491 e. The lowest BCUT2D eigenvalue weighted by atomic mass is 10.3. The van der Waals surface area contributed by atoms with E-state index in [0.29, 0.717) is 12.3 Å². The average Bonchev–Trinajstić information content (AvgIpc) is 2.34. The third-order valence-electron chi connectivity index (χ3n) is 2.58. The highest BCUT2D eigenvalue weighted by Crippen LogP contribution is 2.16. The molecule has 0 aliphatic carbocycles. The fraction of sp³-hybridized carbons (Fsp3) is 0.571. The molecule has 1 aromatic carbocycles. The molecule has 0 unspecified atom stereocenters. The molecule has 0 atom stereocenters. The van der Waals surface area contributed by atoms with Gasteiger partial charge in [0.05, 0.1) is 11.0 Å². The predicted octanol–water partition coefficient (Wildman–Crippen LogP) is 1.70. The molecule has 1 rings (SSSR count). The quantitative estimate of drug-likeness (QED) is 0.743. The SMILES string of the molecule is CC(C)Oc1ccc(S(=O)(=O)NCCCN(C)C)cc1. The summed E-state index contributed by atoms with van der Waals surface area (Å²) in [5, 5.41) is 0. The predicted molar refractivity (Wildman–Crippen MR) is 80.6 cm³/mol. The monoisotopic (exact) mass is 300 g/mol. The molecule has 20 heavy (non-hydrogen) atoms. The van der Waals surface area contributed by atoms with Crippen molar-refractivity contribution >= 4 is 10.0 Å². The lowest BCUT2D eigenvalue weighted by Crippen LogP contribution is -2.27. The van der Waals surface area contributed by atoms with Crippen LogP contribution in [0, 0.1) is 0 Å². The average molecular weight is 300 g/mol. The molecule has 0 spiro atoms. The van der Waals surface area contributed by atoms with Crippen LogP contribution in [0.1, 0.15) is 20.3 Å². The highest BCUT2D eigenvalue weighted by atomic mass is 32.2. The van der Waals surface area contributed by atoms with Crippen LogP contribution in [0.2, 0.25) is 0 Å². The number of sulfonamides is 1. The first-order valence-electron chi connectivity index (χ1n) is 6.72. The largest absolute Gasteiger partial charge is 0.491 e. The maximum atomic E-state index is 12.0. The highest BCUT2D eigenvalue weighted by molar-refractivity contribution is 7.89. The third kappa shape index (κ3) is 5.90. The van der Waals surface area contributed by atoms with Gasteiger partial charge in [0.15, 0.2) is 0 Å². The number of benzene rings is 1. The van der Waals surface area contributed by atoms with E-state index in [2.05, 4.69) is 4.72 Å². The second-order valence-electron chi connectivity index (χ2n) is 5.19. The summed E-state index contributed by atoms with van der Waals surface area (Å²) in [6, 6.07) is 6.47. The molecule has 0 bridgehead atoms. The Bertz CT molecular complexity index is 496. The van der Waals surface area contributed by atoms with E-state index in [1.54, 1.807) is 24.3 Å². The van der Waals surface area contributed by atoms with Gasteiger partial charge in [0.25, 0.3) is 0 Å². The zero-order valence-electron chi connectivity index (χ0n) is 12.6. The van der Waals surface area contributed by atoms with Crippen molar-refractivity contribution in [1.29, 1.82) is 0 Å². The Kier molecular flexibility index (Phi) is 6.45. The van der Waals surface area contributed by atoms with E-state index in [9.17, 15) is 8.42 Å². The summed E-state index contributed by atoms with van der Waals surface area (Å²) >= 11 is 0. The lowest BCUT2D eigenvalue weighted by molar-refractivity contribution is 0.242. The Morgan fingerprint density at radius 1 is 1.20 bits per heavy atom. The molecule has 0 saturated heterocycles. The second kappa shape index (κ2) is 7.61. The number of nitrogens with zero attached hydrogens (tertiary/aromatic N) is 1. The van der Waals surface area contributed by atoms with Gasteiger partial charge in [-0.15, -0.1) is 0 Å². The summed E-state index contributed by atoms with van der Waals surface area (Å²) in [5.74, 6) is 0.673. The first-order chi connectivity index (χ1) is 9.31. The van der Waals surface area contributed by atoms with Gasteiger partial charge in [-0.3, -0.25) is 0 Å². The van der Waals surface area contributed by atoms with E-state index in [1.165, 1.54) is 0 Å². The Hall–Kier alpha value is -1.11. The van der Waals surface area contributed by atoms with Crippen molar-refractivity contribution in [3.05, 3.63) is 24.3 Å². The molecule has 1 aromatic rings. The van der Waals surface area contributed by atoms with Crippen molar-refractivity contribution in [2.24, 2.45) is 0 Å². The molecule has 0 fully saturated rings. The van der Waals surface area contributed by atoms with Crippen molar-refractivity contribution in [2.75, 3.05) is 27.2 Å². The van der Waals surface area contributed by atoms with Crippen LogP contribution >= 0.6 is 0 Å². The summed E-state index contributed by atoms with van der Waals surface area (Å²) < 4.78 is 32.2. The van der Waals surface area contributed by atoms with Crippen LogP contribution in [0.5, 0.6) is 5.75 Å². The third-order valence-corrected chi connectivity index (χ3v) is 4.06. The van der Waals surface area contributed by atoms with Crippen molar-refractivity contribution in [3.8, 4) is 5.75 Å². The van der Waals surface area contributed by atoms with Crippen molar-refractivity contribution in [3.63, 3.8) is 0 Å². The van der Waals surface area contributed by atoms with Crippen molar-refractivity contribution in [2.45, 2.75) is 31.3 Å². The topological polar surface area (TPSA) is 58.6 Å². The highest BCUT2D eigenvalue weighted by Gasteiger charge is 2.13. The summed E-state index contributed by atoms with van der Waals surface area (Å²) in [6.45, 7) is 5.14. The minimum absolute atomic E-state index is 0.0709. The Morgan fingerprint density at radius 3 is 2.30 bits per heavy atom. The maximum absolute atomic E-state index is 12.0. The van der Waals surface area contributed by atoms with Crippen molar-refractivity contribution < 1.29 is 13.2 Å². The van der Waals surface area contributed by atoms with Crippen molar-refractivity contribution in [1.82, 2.24) is 9.62 Å². The summed E-state index contributed by atoms with van der Waals surface area (Å²) in [5.41, 5.74) is 0. The van der Waals surface area contributed by atoms with Gasteiger partial charge in [-0.05, 0) is 65.2 Å². The van der Waals surface area contributed by atoms with E-state index >= 15 is 0 Å². The number of hydrogen-bond donors (Lipinski definition) is 1. The molecule has 1 N–H and O–H groups in total. The first-order valence-corrected chi connectivity index (χ1v) is 8.20. The van der Waals surface area contributed by atoms with Gasteiger partial charge in [-0.2, -0.15) is 0 Å². The molecule has 114 valence electrons. The molecule has 0 aliphatic heterocycles.